The molecule has 1 heterocycles. The number of nitrogens with one attached hydrogen (secondary N) is 1. The second kappa shape index (κ2) is 9.97. The van der Waals surface area contributed by atoms with E-state index in [1.807, 2.05) is 19.1 Å². The van der Waals surface area contributed by atoms with E-state index >= 15 is 0 Å². The fraction of sp³-hybridized carbons (Fsp3) is 0.348. The standard InChI is InChI=1S/C23H28N4O4/c1-16-6-7-19(15-20(16)31-2)22(29)26-10-12-27(13-11-26)23(30)25-9-8-17-4-3-5-18(14-17)21(24)28/h3-7,14-15H,8-13H2,1-2H3,(H2,24,28)(H,25,30). The molecule has 1 saturated heterocycles. The number of urea groups is 1. The van der Waals surface area contributed by atoms with Crippen LogP contribution in [0.25, 0.3) is 0 Å². The first-order valence-corrected chi connectivity index (χ1v) is 10.2. The highest BCUT2D eigenvalue weighted by Gasteiger charge is 2.25. The van der Waals surface area contributed by atoms with Crippen molar-refractivity contribution in [3.63, 3.8) is 0 Å². The summed E-state index contributed by atoms with van der Waals surface area (Å²) >= 11 is 0. The zero-order chi connectivity index (χ0) is 22.4. The van der Waals surface area contributed by atoms with Crippen molar-refractivity contribution in [2.24, 2.45) is 5.73 Å². The van der Waals surface area contributed by atoms with Gasteiger partial charge in [-0.15, -0.1) is 0 Å². The molecular formula is C23H28N4O4. The van der Waals surface area contributed by atoms with E-state index in [-0.39, 0.29) is 11.9 Å². The molecule has 0 radical (unpaired) electrons. The number of methoxy groups -OCH3 is 1. The highest BCUT2D eigenvalue weighted by atomic mass is 16.5. The number of aryl methyl sites for hydroxylation is 1. The van der Waals surface area contributed by atoms with Gasteiger partial charge in [0.05, 0.1) is 7.11 Å². The maximum absolute atomic E-state index is 12.8. The number of amides is 4. The highest BCUT2D eigenvalue weighted by Crippen LogP contribution is 2.20. The Kier molecular flexibility index (Phi) is 7.12. The lowest BCUT2D eigenvalue weighted by atomic mass is 10.1. The van der Waals surface area contributed by atoms with Crippen LogP contribution in [-0.2, 0) is 6.42 Å². The maximum atomic E-state index is 12.8. The van der Waals surface area contributed by atoms with Crippen LogP contribution in [0, 0.1) is 6.92 Å². The molecule has 0 unspecified atom stereocenters. The zero-order valence-electron chi connectivity index (χ0n) is 17.9. The van der Waals surface area contributed by atoms with Crippen molar-refractivity contribution in [3.05, 3.63) is 64.7 Å². The summed E-state index contributed by atoms with van der Waals surface area (Å²) in [6.45, 7) is 4.27. The molecule has 8 nitrogen and oxygen atoms in total. The summed E-state index contributed by atoms with van der Waals surface area (Å²) in [6.07, 6.45) is 0.598. The van der Waals surface area contributed by atoms with Crippen molar-refractivity contribution >= 4 is 17.8 Å². The third-order valence-electron chi connectivity index (χ3n) is 5.41. The zero-order valence-corrected chi connectivity index (χ0v) is 17.9. The van der Waals surface area contributed by atoms with Crippen molar-refractivity contribution < 1.29 is 19.1 Å². The van der Waals surface area contributed by atoms with Gasteiger partial charge < -0.3 is 25.6 Å². The minimum atomic E-state index is -0.470. The molecule has 0 bridgehead atoms. The van der Waals surface area contributed by atoms with E-state index < -0.39 is 5.91 Å². The fourth-order valence-electron chi connectivity index (χ4n) is 3.55. The number of hydrogen-bond donors (Lipinski definition) is 2. The predicted octanol–water partition coefficient (Wildman–Crippen LogP) is 1.81. The van der Waals surface area contributed by atoms with Crippen molar-refractivity contribution in [2.45, 2.75) is 13.3 Å². The SMILES string of the molecule is COc1cc(C(=O)N2CCN(C(=O)NCCc3cccc(C(N)=O)c3)CC2)ccc1C. The van der Waals surface area contributed by atoms with Crippen molar-refractivity contribution in [1.82, 2.24) is 15.1 Å². The van der Waals surface area contributed by atoms with Crippen LogP contribution in [-0.4, -0.2) is 67.5 Å². The summed E-state index contributed by atoms with van der Waals surface area (Å²) in [5.74, 6) is 0.153. The molecule has 0 aliphatic carbocycles. The van der Waals surface area contributed by atoms with Crippen LogP contribution >= 0.6 is 0 Å². The minimum absolute atomic E-state index is 0.0623. The van der Waals surface area contributed by atoms with Crippen molar-refractivity contribution in [3.8, 4) is 5.75 Å². The van der Waals surface area contributed by atoms with Gasteiger partial charge in [-0.25, -0.2) is 4.79 Å². The monoisotopic (exact) mass is 424 g/mol. The smallest absolute Gasteiger partial charge is 0.317 e. The van der Waals surface area contributed by atoms with Crippen LogP contribution in [0.3, 0.4) is 0 Å². The van der Waals surface area contributed by atoms with Crippen LogP contribution in [0.4, 0.5) is 4.79 Å². The van der Waals surface area contributed by atoms with Gasteiger partial charge in [0, 0.05) is 43.9 Å². The van der Waals surface area contributed by atoms with Gasteiger partial charge in [0.1, 0.15) is 5.75 Å². The van der Waals surface area contributed by atoms with Crippen LogP contribution in [0.2, 0.25) is 0 Å². The molecule has 2 aromatic carbocycles. The summed E-state index contributed by atoms with van der Waals surface area (Å²) < 4.78 is 5.30. The number of carbonyl (C=O) groups excluding carboxylic acids is 3. The summed E-state index contributed by atoms with van der Waals surface area (Å²) in [5, 5.41) is 2.90. The molecule has 0 spiro atoms. The van der Waals surface area contributed by atoms with E-state index in [1.54, 1.807) is 47.2 Å². The molecule has 0 atom stereocenters. The molecule has 2 aromatic rings. The number of hydrogen-bond acceptors (Lipinski definition) is 4. The number of carbonyl (C=O) groups is 3. The van der Waals surface area contributed by atoms with E-state index in [0.29, 0.717) is 56.0 Å². The number of rotatable bonds is 6. The third kappa shape index (κ3) is 5.53. The first-order valence-electron chi connectivity index (χ1n) is 10.2. The third-order valence-corrected chi connectivity index (χ3v) is 5.41. The van der Waals surface area contributed by atoms with Gasteiger partial charge in [0.15, 0.2) is 0 Å². The molecular weight excluding hydrogens is 396 g/mol. The lowest BCUT2D eigenvalue weighted by Gasteiger charge is -2.34. The number of ether oxygens (including phenoxy) is 1. The van der Waals surface area contributed by atoms with E-state index in [2.05, 4.69) is 5.32 Å². The first-order chi connectivity index (χ1) is 14.9. The summed E-state index contributed by atoms with van der Waals surface area (Å²) in [4.78, 5) is 40.0. The summed E-state index contributed by atoms with van der Waals surface area (Å²) in [5.41, 5.74) is 8.24. The second-order valence-corrected chi connectivity index (χ2v) is 7.51. The average molecular weight is 425 g/mol. The first kappa shape index (κ1) is 22.1. The number of primary amides is 1. The normalized spacial score (nSPS) is 13.6. The molecule has 164 valence electrons. The lowest BCUT2D eigenvalue weighted by Crippen LogP contribution is -2.53. The Morgan fingerprint density at radius 3 is 2.39 bits per heavy atom. The Balaban J connectivity index is 1.47. The Bertz CT molecular complexity index is 968. The Labute approximate surface area is 182 Å². The van der Waals surface area contributed by atoms with Crippen molar-refractivity contribution in [2.75, 3.05) is 39.8 Å². The number of piperazine rings is 1. The molecule has 8 heteroatoms. The van der Waals surface area contributed by atoms with Gasteiger partial charge in [-0.2, -0.15) is 0 Å². The molecule has 3 rings (SSSR count). The Morgan fingerprint density at radius 2 is 1.71 bits per heavy atom. The molecule has 0 saturated carbocycles. The minimum Gasteiger partial charge on any atom is -0.496 e. The van der Waals surface area contributed by atoms with Gasteiger partial charge >= 0.3 is 6.03 Å². The van der Waals surface area contributed by atoms with Crippen molar-refractivity contribution in [1.29, 1.82) is 0 Å². The lowest BCUT2D eigenvalue weighted by molar-refractivity contribution is 0.0664. The van der Waals surface area contributed by atoms with Gasteiger partial charge in [0.2, 0.25) is 5.91 Å². The maximum Gasteiger partial charge on any atom is 0.317 e. The molecule has 1 aliphatic rings. The number of benzene rings is 2. The van der Waals surface area contributed by atoms with Crippen LogP contribution in [0.5, 0.6) is 5.75 Å². The van der Waals surface area contributed by atoms with E-state index in [0.717, 1.165) is 11.1 Å². The molecule has 1 aliphatic heterocycles. The highest BCUT2D eigenvalue weighted by molar-refractivity contribution is 5.95. The van der Waals surface area contributed by atoms with Gasteiger partial charge in [-0.1, -0.05) is 18.2 Å². The quantitative estimate of drug-likeness (QED) is 0.738. The van der Waals surface area contributed by atoms with Crippen LogP contribution < -0.4 is 15.8 Å². The van der Waals surface area contributed by atoms with E-state index in [1.165, 1.54) is 0 Å². The molecule has 3 N–H and O–H groups in total. The molecule has 31 heavy (non-hydrogen) atoms. The van der Waals surface area contributed by atoms with E-state index in [4.69, 9.17) is 10.5 Å². The molecule has 1 fully saturated rings. The Morgan fingerprint density at radius 1 is 1.00 bits per heavy atom. The fourth-order valence-corrected chi connectivity index (χ4v) is 3.55. The number of nitrogens with two attached hydrogens (primary N) is 1. The average Bonchev–Trinajstić information content (AvgIpc) is 2.79. The topological polar surface area (TPSA) is 105 Å². The van der Waals surface area contributed by atoms with Crippen LogP contribution in [0.15, 0.2) is 42.5 Å². The van der Waals surface area contributed by atoms with Gasteiger partial charge in [-0.05, 0) is 48.7 Å². The Hall–Kier alpha value is -3.55. The summed E-state index contributed by atoms with van der Waals surface area (Å²) in [7, 11) is 1.59. The molecule has 4 amide bonds. The van der Waals surface area contributed by atoms with E-state index in [9.17, 15) is 14.4 Å². The van der Waals surface area contributed by atoms with Gasteiger partial charge in [-0.3, -0.25) is 9.59 Å². The predicted molar refractivity (Wildman–Crippen MR) is 117 cm³/mol. The summed E-state index contributed by atoms with van der Waals surface area (Å²) in [6, 6.07) is 12.3. The van der Waals surface area contributed by atoms with Crippen LogP contribution in [0.1, 0.15) is 31.8 Å². The van der Waals surface area contributed by atoms with Gasteiger partial charge in [0.25, 0.3) is 5.91 Å². The number of nitrogens with zero attached hydrogens (tertiary/aromatic N) is 2. The largest absolute Gasteiger partial charge is 0.496 e. The molecule has 0 aromatic heterocycles. The second-order valence-electron chi connectivity index (χ2n) is 7.51.